The molecule has 1 unspecified atom stereocenters. The molecule has 1 aromatic carbocycles. The van der Waals surface area contributed by atoms with E-state index >= 15 is 0 Å². The third-order valence-electron chi connectivity index (χ3n) is 2.41. The predicted octanol–water partition coefficient (Wildman–Crippen LogP) is 2.53. The van der Waals surface area contributed by atoms with Gasteiger partial charge in [-0.15, -0.1) is 0 Å². The zero-order valence-electron chi connectivity index (χ0n) is 10.2. The fourth-order valence-electron chi connectivity index (χ4n) is 1.66. The second kappa shape index (κ2) is 5.82. The second-order valence-electron chi connectivity index (χ2n) is 3.89. The van der Waals surface area contributed by atoms with Crippen molar-refractivity contribution < 1.29 is 18.3 Å². The molecule has 1 atom stereocenters. The van der Waals surface area contributed by atoms with E-state index in [1.165, 1.54) is 20.3 Å². The Morgan fingerprint density at radius 1 is 1.18 bits per heavy atom. The highest BCUT2D eigenvalue weighted by molar-refractivity contribution is 5.47. The molecule has 1 aromatic rings. The van der Waals surface area contributed by atoms with Crippen LogP contribution in [0.25, 0.3) is 0 Å². The summed E-state index contributed by atoms with van der Waals surface area (Å²) in [6, 6.07) is 2.79. The Morgan fingerprint density at radius 3 is 2.18 bits per heavy atom. The molecule has 3 nitrogen and oxygen atoms in total. The summed E-state index contributed by atoms with van der Waals surface area (Å²) in [6.45, 7) is 1.84. The zero-order valence-corrected chi connectivity index (χ0v) is 10.2. The number of nitrogens with two attached hydrogens (primary N) is 1. The first-order valence-electron chi connectivity index (χ1n) is 5.28. The van der Waals surface area contributed by atoms with Gasteiger partial charge < -0.3 is 15.2 Å². The van der Waals surface area contributed by atoms with Crippen LogP contribution in [-0.4, -0.2) is 20.3 Å². The average Bonchev–Trinajstić information content (AvgIpc) is 2.27. The molecule has 2 N–H and O–H groups in total. The Balaban J connectivity index is 3.22. The minimum absolute atomic E-state index is 0.0778. The lowest BCUT2D eigenvalue weighted by molar-refractivity contribution is 0.146. The van der Waals surface area contributed by atoms with E-state index in [0.717, 1.165) is 5.56 Å². The highest BCUT2D eigenvalue weighted by Crippen LogP contribution is 2.35. The Morgan fingerprint density at radius 2 is 1.76 bits per heavy atom. The summed E-state index contributed by atoms with van der Waals surface area (Å²) in [5.74, 6) is 0.579. The van der Waals surface area contributed by atoms with E-state index in [1.807, 2.05) is 6.92 Å². The Kier molecular flexibility index (Phi) is 4.69. The molecule has 1 rings (SSSR count). The number of hydrogen-bond acceptors (Lipinski definition) is 3. The largest absolute Gasteiger partial charge is 0.496 e. The molecule has 17 heavy (non-hydrogen) atoms. The van der Waals surface area contributed by atoms with Crippen molar-refractivity contribution in [2.75, 3.05) is 14.2 Å². The molecule has 0 aliphatic heterocycles. The lowest BCUT2D eigenvalue weighted by atomic mass is 10.0. The van der Waals surface area contributed by atoms with Gasteiger partial charge in [0.25, 0.3) is 6.43 Å². The normalized spacial score (nSPS) is 12.6. The standard InChI is InChI=1S/C12H17F2NO2/c1-7(15)4-8-5-11(17-3)9(12(13)14)6-10(8)16-2/h5-7,12H,4,15H2,1-3H3. The van der Waals surface area contributed by atoms with E-state index < -0.39 is 6.43 Å². The maximum Gasteiger partial charge on any atom is 0.267 e. The molecule has 5 heteroatoms. The first-order chi connectivity index (χ1) is 7.99. The van der Waals surface area contributed by atoms with Crippen molar-refractivity contribution in [3.63, 3.8) is 0 Å². The molecular weight excluding hydrogens is 228 g/mol. The monoisotopic (exact) mass is 245 g/mol. The number of hydrogen-bond donors (Lipinski definition) is 1. The van der Waals surface area contributed by atoms with Crippen LogP contribution in [0.2, 0.25) is 0 Å². The maximum atomic E-state index is 12.8. The van der Waals surface area contributed by atoms with Gasteiger partial charge in [-0.05, 0) is 31.0 Å². The molecule has 96 valence electrons. The van der Waals surface area contributed by atoms with Gasteiger partial charge in [-0.25, -0.2) is 8.78 Å². The third kappa shape index (κ3) is 3.30. The third-order valence-corrected chi connectivity index (χ3v) is 2.41. The molecule has 0 aromatic heterocycles. The van der Waals surface area contributed by atoms with Crippen molar-refractivity contribution >= 4 is 0 Å². The minimum Gasteiger partial charge on any atom is -0.496 e. The van der Waals surface area contributed by atoms with Crippen LogP contribution in [0.4, 0.5) is 8.78 Å². The summed E-state index contributed by atoms with van der Waals surface area (Å²) in [4.78, 5) is 0. The van der Waals surface area contributed by atoms with Gasteiger partial charge in [-0.3, -0.25) is 0 Å². The summed E-state index contributed by atoms with van der Waals surface area (Å²) in [5, 5.41) is 0. The van der Waals surface area contributed by atoms with Crippen molar-refractivity contribution in [3.8, 4) is 11.5 Å². The smallest absolute Gasteiger partial charge is 0.267 e. The number of ether oxygens (including phenoxy) is 2. The van der Waals surface area contributed by atoms with Gasteiger partial charge in [-0.2, -0.15) is 0 Å². The van der Waals surface area contributed by atoms with Crippen LogP contribution in [0.3, 0.4) is 0 Å². The summed E-state index contributed by atoms with van der Waals surface area (Å²) in [5.41, 5.74) is 6.29. The molecule has 0 aliphatic carbocycles. The molecule has 0 aliphatic rings. The first kappa shape index (κ1) is 13.7. The second-order valence-corrected chi connectivity index (χ2v) is 3.89. The molecule has 0 saturated heterocycles. The molecule has 0 bridgehead atoms. The van der Waals surface area contributed by atoms with Gasteiger partial charge in [-0.1, -0.05) is 0 Å². The number of alkyl halides is 2. The topological polar surface area (TPSA) is 44.5 Å². The fraction of sp³-hybridized carbons (Fsp3) is 0.500. The van der Waals surface area contributed by atoms with E-state index in [1.54, 1.807) is 6.07 Å². The van der Waals surface area contributed by atoms with Crippen LogP contribution in [0, 0.1) is 0 Å². The van der Waals surface area contributed by atoms with Crippen LogP contribution in [0.15, 0.2) is 12.1 Å². The Labute approximate surface area is 99.5 Å². The lowest BCUT2D eigenvalue weighted by Crippen LogP contribution is -2.18. The molecule has 0 radical (unpaired) electrons. The van der Waals surface area contributed by atoms with Crippen molar-refractivity contribution in [3.05, 3.63) is 23.3 Å². The van der Waals surface area contributed by atoms with E-state index in [2.05, 4.69) is 0 Å². The molecule has 0 heterocycles. The highest BCUT2D eigenvalue weighted by atomic mass is 19.3. The van der Waals surface area contributed by atoms with Crippen molar-refractivity contribution in [1.29, 1.82) is 0 Å². The van der Waals surface area contributed by atoms with Crippen LogP contribution in [-0.2, 0) is 6.42 Å². The van der Waals surface area contributed by atoms with Gasteiger partial charge in [0.15, 0.2) is 0 Å². The van der Waals surface area contributed by atoms with Crippen molar-refractivity contribution in [2.24, 2.45) is 5.73 Å². The SMILES string of the molecule is COc1cc(C(F)F)c(OC)cc1CC(C)N. The summed E-state index contributed by atoms with van der Waals surface area (Å²) >= 11 is 0. The van der Waals surface area contributed by atoms with E-state index in [-0.39, 0.29) is 17.4 Å². The highest BCUT2D eigenvalue weighted by Gasteiger charge is 2.18. The van der Waals surface area contributed by atoms with E-state index in [9.17, 15) is 8.78 Å². The predicted molar refractivity (Wildman–Crippen MR) is 61.9 cm³/mol. The van der Waals surface area contributed by atoms with Crippen LogP contribution in [0.5, 0.6) is 11.5 Å². The van der Waals surface area contributed by atoms with Crippen LogP contribution >= 0.6 is 0 Å². The van der Waals surface area contributed by atoms with Crippen molar-refractivity contribution in [2.45, 2.75) is 25.8 Å². The molecule has 0 fully saturated rings. The number of benzene rings is 1. The van der Waals surface area contributed by atoms with Crippen LogP contribution < -0.4 is 15.2 Å². The van der Waals surface area contributed by atoms with Gasteiger partial charge in [0.05, 0.1) is 19.8 Å². The zero-order chi connectivity index (χ0) is 13.0. The number of rotatable bonds is 5. The van der Waals surface area contributed by atoms with E-state index in [4.69, 9.17) is 15.2 Å². The molecular formula is C12H17F2NO2. The Bertz CT molecular complexity index is 381. The molecule has 0 amide bonds. The van der Waals surface area contributed by atoms with Gasteiger partial charge >= 0.3 is 0 Å². The summed E-state index contributed by atoms with van der Waals surface area (Å²) < 4.78 is 35.6. The molecule has 0 saturated carbocycles. The average molecular weight is 245 g/mol. The van der Waals surface area contributed by atoms with Crippen molar-refractivity contribution in [1.82, 2.24) is 0 Å². The summed E-state index contributed by atoms with van der Waals surface area (Å²) in [6.07, 6.45) is -2.05. The lowest BCUT2D eigenvalue weighted by Gasteiger charge is -2.15. The minimum atomic E-state index is -2.59. The molecule has 0 spiro atoms. The number of methoxy groups -OCH3 is 2. The van der Waals surface area contributed by atoms with Crippen LogP contribution in [0.1, 0.15) is 24.5 Å². The van der Waals surface area contributed by atoms with Gasteiger partial charge in [0, 0.05) is 6.04 Å². The van der Waals surface area contributed by atoms with Gasteiger partial charge in [0.2, 0.25) is 0 Å². The number of halogens is 2. The quantitative estimate of drug-likeness (QED) is 0.867. The maximum absolute atomic E-state index is 12.8. The summed E-state index contributed by atoms with van der Waals surface area (Å²) in [7, 11) is 2.81. The fourth-order valence-corrected chi connectivity index (χ4v) is 1.66. The first-order valence-corrected chi connectivity index (χ1v) is 5.28. The van der Waals surface area contributed by atoms with E-state index in [0.29, 0.717) is 12.2 Å². The van der Waals surface area contributed by atoms with Gasteiger partial charge in [0.1, 0.15) is 11.5 Å². The Hall–Kier alpha value is -1.36.